The van der Waals surface area contributed by atoms with Gasteiger partial charge in [0.1, 0.15) is 0 Å². The van der Waals surface area contributed by atoms with Crippen molar-refractivity contribution in [1.82, 2.24) is 5.32 Å². The fourth-order valence-corrected chi connectivity index (χ4v) is 3.35. The van der Waals surface area contributed by atoms with Crippen LogP contribution in [0.2, 0.25) is 0 Å². The average Bonchev–Trinajstić information content (AvgIpc) is 2.27. The molecule has 0 saturated heterocycles. The van der Waals surface area contributed by atoms with Crippen molar-refractivity contribution in [2.45, 2.75) is 32.1 Å². The van der Waals surface area contributed by atoms with E-state index in [1.54, 1.807) is 5.56 Å². The summed E-state index contributed by atoms with van der Waals surface area (Å²) in [7, 11) is 0. The Hall–Kier alpha value is -0.470. The van der Waals surface area contributed by atoms with Crippen LogP contribution < -0.4 is 5.32 Å². The van der Waals surface area contributed by atoms with Gasteiger partial charge in [0.15, 0.2) is 0 Å². The SMILES string of the molecule is CCCNC1CSCc2c(C)cccc21. The van der Waals surface area contributed by atoms with Crippen LogP contribution in [-0.2, 0) is 5.75 Å². The van der Waals surface area contributed by atoms with Gasteiger partial charge >= 0.3 is 0 Å². The van der Waals surface area contributed by atoms with Crippen molar-refractivity contribution in [1.29, 1.82) is 0 Å². The molecule has 0 fully saturated rings. The molecule has 1 atom stereocenters. The van der Waals surface area contributed by atoms with Gasteiger partial charge in [-0.1, -0.05) is 25.1 Å². The highest BCUT2D eigenvalue weighted by Crippen LogP contribution is 2.33. The van der Waals surface area contributed by atoms with Crippen molar-refractivity contribution in [3.05, 3.63) is 34.9 Å². The van der Waals surface area contributed by atoms with E-state index in [9.17, 15) is 0 Å². The van der Waals surface area contributed by atoms with Gasteiger partial charge in [-0.15, -0.1) is 0 Å². The lowest BCUT2D eigenvalue weighted by Crippen LogP contribution is -2.27. The molecule has 0 bridgehead atoms. The molecule has 1 aliphatic rings. The molecule has 1 heterocycles. The summed E-state index contributed by atoms with van der Waals surface area (Å²) in [4.78, 5) is 0. The third kappa shape index (κ3) is 2.37. The third-order valence-electron chi connectivity index (χ3n) is 2.99. The smallest absolute Gasteiger partial charge is 0.0415 e. The van der Waals surface area contributed by atoms with Crippen LogP contribution in [-0.4, -0.2) is 12.3 Å². The number of nitrogens with one attached hydrogen (secondary N) is 1. The quantitative estimate of drug-likeness (QED) is 0.840. The van der Waals surface area contributed by atoms with Gasteiger partial charge in [0, 0.05) is 17.5 Å². The molecule has 2 rings (SSSR count). The molecule has 0 aliphatic carbocycles. The highest BCUT2D eigenvalue weighted by atomic mass is 32.2. The van der Waals surface area contributed by atoms with Gasteiger partial charge in [-0.2, -0.15) is 11.8 Å². The molecule has 2 heteroatoms. The van der Waals surface area contributed by atoms with E-state index in [-0.39, 0.29) is 0 Å². The Bertz CT molecular complexity index is 335. The highest BCUT2D eigenvalue weighted by Gasteiger charge is 2.20. The summed E-state index contributed by atoms with van der Waals surface area (Å²) in [5, 5.41) is 3.63. The second-order valence-corrected chi connectivity index (χ2v) is 5.19. The lowest BCUT2D eigenvalue weighted by atomic mass is 9.98. The van der Waals surface area contributed by atoms with Crippen molar-refractivity contribution in [2.24, 2.45) is 0 Å². The monoisotopic (exact) mass is 221 g/mol. The first kappa shape index (κ1) is 11.0. The van der Waals surface area contributed by atoms with Crippen molar-refractivity contribution >= 4 is 11.8 Å². The predicted octanol–water partition coefficient (Wildman–Crippen LogP) is 3.28. The van der Waals surface area contributed by atoms with E-state index in [4.69, 9.17) is 0 Å². The molecule has 0 spiro atoms. The van der Waals surface area contributed by atoms with Crippen LogP contribution in [0.25, 0.3) is 0 Å². The normalized spacial score (nSPS) is 20.0. The Morgan fingerprint density at radius 3 is 3.13 bits per heavy atom. The van der Waals surface area contributed by atoms with E-state index in [1.807, 2.05) is 11.8 Å². The number of fused-ring (bicyclic) bond motifs is 1. The summed E-state index contributed by atoms with van der Waals surface area (Å²) >= 11 is 2.05. The minimum atomic E-state index is 0.568. The molecule has 1 aliphatic heterocycles. The molecule has 1 nitrogen and oxygen atoms in total. The summed E-state index contributed by atoms with van der Waals surface area (Å²) < 4.78 is 0. The van der Waals surface area contributed by atoms with E-state index < -0.39 is 0 Å². The van der Waals surface area contributed by atoms with Crippen molar-refractivity contribution < 1.29 is 0 Å². The number of thioether (sulfide) groups is 1. The van der Waals surface area contributed by atoms with Crippen molar-refractivity contribution in [3.63, 3.8) is 0 Å². The zero-order chi connectivity index (χ0) is 10.7. The molecule has 0 radical (unpaired) electrons. The predicted molar refractivity (Wildman–Crippen MR) is 68.4 cm³/mol. The molecule has 1 unspecified atom stereocenters. The molecular weight excluding hydrogens is 202 g/mol. The Morgan fingerprint density at radius 1 is 1.47 bits per heavy atom. The summed E-state index contributed by atoms with van der Waals surface area (Å²) in [6, 6.07) is 7.26. The van der Waals surface area contributed by atoms with Gasteiger partial charge < -0.3 is 5.32 Å². The number of aryl methyl sites for hydroxylation is 1. The number of hydrogen-bond donors (Lipinski definition) is 1. The van der Waals surface area contributed by atoms with Gasteiger partial charge in [0.05, 0.1) is 0 Å². The van der Waals surface area contributed by atoms with E-state index in [0.29, 0.717) is 6.04 Å². The van der Waals surface area contributed by atoms with Crippen LogP contribution in [0.4, 0.5) is 0 Å². The van der Waals surface area contributed by atoms with Crippen LogP contribution in [0.1, 0.15) is 36.1 Å². The topological polar surface area (TPSA) is 12.0 Å². The van der Waals surface area contributed by atoms with Crippen molar-refractivity contribution in [2.75, 3.05) is 12.3 Å². The lowest BCUT2D eigenvalue weighted by Gasteiger charge is -2.27. The molecule has 1 N–H and O–H groups in total. The van der Waals surface area contributed by atoms with Gasteiger partial charge in [-0.05, 0) is 36.6 Å². The van der Waals surface area contributed by atoms with Gasteiger partial charge in [-0.3, -0.25) is 0 Å². The zero-order valence-electron chi connectivity index (χ0n) is 9.55. The second-order valence-electron chi connectivity index (χ2n) is 4.16. The summed E-state index contributed by atoms with van der Waals surface area (Å²) in [6.45, 7) is 5.57. The minimum Gasteiger partial charge on any atom is -0.309 e. The highest BCUT2D eigenvalue weighted by molar-refractivity contribution is 7.98. The number of benzene rings is 1. The average molecular weight is 221 g/mol. The Labute approximate surface area is 96.7 Å². The van der Waals surface area contributed by atoms with E-state index in [1.165, 1.54) is 29.1 Å². The maximum atomic E-state index is 3.63. The molecule has 0 aromatic heterocycles. The standard InChI is InChI=1S/C13H19NS/c1-3-7-14-13-9-15-8-12-10(2)5-4-6-11(12)13/h4-6,13-14H,3,7-9H2,1-2H3. The number of rotatable bonds is 3. The summed E-state index contributed by atoms with van der Waals surface area (Å²) in [5.41, 5.74) is 4.53. The van der Waals surface area contributed by atoms with E-state index in [0.717, 1.165) is 6.54 Å². The molecule has 82 valence electrons. The Balaban J connectivity index is 2.22. The Morgan fingerprint density at radius 2 is 2.33 bits per heavy atom. The van der Waals surface area contributed by atoms with Gasteiger partial charge in [-0.25, -0.2) is 0 Å². The van der Waals surface area contributed by atoms with Crippen molar-refractivity contribution in [3.8, 4) is 0 Å². The van der Waals surface area contributed by atoms with Crippen LogP contribution in [0.5, 0.6) is 0 Å². The molecule has 15 heavy (non-hydrogen) atoms. The molecular formula is C13H19NS. The molecule has 1 aromatic rings. The summed E-state index contributed by atoms with van der Waals surface area (Å²) in [5.74, 6) is 2.41. The maximum absolute atomic E-state index is 3.63. The van der Waals surface area contributed by atoms with E-state index >= 15 is 0 Å². The largest absolute Gasteiger partial charge is 0.309 e. The molecule has 0 amide bonds. The summed E-state index contributed by atoms with van der Waals surface area (Å²) in [6.07, 6.45) is 1.21. The lowest BCUT2D eigenvalue weighted by molar-refractivity contribution is 0.570. The van der Waals surface area contributed by atoms with Gasteiger partial charge in [0.2, 0.25) is 0 Å². The first-order valence-electron chi connectivity index (χ1n) is 5.72. The molecule has 0 saturated carbocycles. The van der Waals surface area contributed by atoms with Crippen LogP contribution in [0.15, 0.2) is 18.2 Å². The fourth-order valence-electron chi connectivity index (χ4n) is 2.10. The first-order valence-corrected chi connectivity index (χ1v) is 6.88. The molecule has 1 aromatic carbocycles. The van der Waals surface area contributed by atoms with Gasteiger partial charge in [0.25, 0.3) is 0 Å². The first-order chi connectivity index (χ1) is 7.33. The Kier molecular flexibility index (Phi) is 3.71. The maximum Gasteiger partial charge on any atom is 0.0415 e. The van der Waals surface area contributed by atoms with E-state index in [2.05, 4.69) is 37.4 Å². The van der Waals surface area contributed by atoms with Crippen LogP contribution in [0.3, 0.4) is 0 Å². The fraction of sp³-hybridized carbons (Fsp3) is 0.538. The zero-order valence-corrected chi connectivity index (χ0v) is 10.4. The van der Waals surface area contributed by atoms with Crippen LogP contribution >= 0.6 is 11.8 Å². The second kappa shape index (κ2) is 5.04. The number of hydrogen-bond acceptors (Lipinski definition) is 2. The third-order valence-corrected chi connectivity index (χ3v) is 4.06. The minimum absolute atomic E-state index is 0.568. The van der Waals surface area contributed by atoms with Crippen LogP contribution in [0, 0.1) is 6.92 Å².